The molecule has 0 radical (unpaired) electrons. The molecule has 0 aliphatic rings. The molecule has 5 heteroatoms. The molecule has 2 aromatic rings. The number of halogens is 1. The van der Waals surface area contributed by atoms with Crippen molar-refractivity contribution in [1.29, 1.82) is 0 Å². The Balaban J connectivity index is 2.61. The van der Waals surface area contributed by atoms with Gasteiger partial charge in [0.1, 0.15) is 5.82 Å². The van der Waals surface area contributed by atoms with Crippen molar-refractivity contribution in [3.8, 4) is 11.4 Å². The molecular weight excluding hydrogens is 237 g/mol. The number of nitrogens with zero attached hydrogens (tertiary/aromatic N) is 2. The van der Waals surface area contributed by atoms with E-state index in [9.17, 15) is 4.39 Å². The summed E-state index contributed by atoms with van der Waals surface area (Å²) in [5, 5.41) is 6.98. The van der Waals surface area contributed by atoms with Gasteiger partial charge in [-0.15, -0.1) is 0 Å². The van der Waals surface area contributed by atoms with Gasteiger partial charge in [-0.3, -0.25) is 9.67 Å². The van der Waals surface area contributed by atoms with Crippen LogP contribution in [-0.4, -0.2) is 14.8 Å². The van der Waals surface area contributed by atoms with Crippen molar-refractivity contribution in [2.75, 3.05) is 0 Å². The SMILES string of the molecule is CC(C)(C)n1c(-c2ccc(F)cc2)n[nH]c1=S. The smallest absolute Gasteiger partial charge is 0.195 e. The van der Waals surface area contributed by atoms with Crippen LogP contribution in [-0.2, 0) is 5.54 Å². The van der Waals surface area contributed by atoms with Crippen molar-refractivity contribution < 1.29 is 4.39 Å². The van der Waals surface area contributed by atoms with E-state index < -0.39 is 0 Å². The van der Waals surface area contributed by atoms with Crippen LogP contribution >= 0.6 is 12.2 Å². The molecule has 0 atom stereocenters. The zero-order chi connectivity index (χ0) is 12.6. The summed E-state index contributed by atoms with van der Waals surface area (Å²) in [6.45, 7) is 6.14. The Morgan fingerprint density at radius 2 is 1.82 bits per heavy atom. The van der Waals surface area contributed by atoms with Crippen LogP contribution in [0.1, 0.15) is 20.8 Å². The second-order valence-corrected chi connectivity index (χ2v) is 5.25. The van der Waals surface area contributed by atoms with E-state index in [-0.39, 0.29) is 11.4 Å². The molecule has 0 saturated carbocycles. The summed E-state index contributed by atoms with van der Waals surface area (Å²) in [6.07, 6.45) is 0. The molecule has 0 amide bonds. The van der Waals surface area contributed by atoms with Crippen LogP contribution in [0.5, 0.6) is 0 Å². The van der Waals surface area contributed by atoms with Crippen molar-refractivity contribution in [2.24, 2.45) is 0 Å². The van der Waals surface area contributed by atoms with Crippen molar-refractivity contribution in [3.63, 3.8) is 0 Å². The predicted molar refractivity (Wildman–Crippen MR) is 67.8 cm³/mol. The third kappa shape index (κ3) is 2.29. The van der Waals surface area contributed by atoms with Crippen molar-refractivity contribution in [2.45, 2.75) is 26.3 Å². The minimum Gasteiger partial charge on any atom is -0.295 e. The van der Waals surface area contributed by atoms with Gasteiger partial charge in [-0.2, -0.15) is 5.10 Å². The molecule has 0 fully saturated rings. The van der Waals surface area contributed by atoms with Crippen LogP contribution in [0.2, 0.25) is 0 Å². The summed E-state index contributed by atoms with van der Waals surface area (Å²) in [5.41, 5.74) is 0.669. The maximum atomic E-state index is 12.9. The first-order valence-electron chi connectivity index (χ1n) is 5.33. The minimum atomic E-state index is -0.259. The zero-order valence-electron chi connectivity index (χ0n) is 9.99. The van der Waals surface area contributed by atoms with E-state index in [0.29, 0.717) is 4.77 Å². The van der Waals surface area contributed by atoms with Gasteiger partial charge in [-0.25, -0.2) is 4.39 Å². The topological polar surface area (TPSA) is 33.6 Å². The first kappa shape index (κ1) is 12.0. The summed E-state index contributed by atoms with van der Waals surface area (Å²) in [4.78, 5) is 0. The van der Waals surface area contributed by atoms with E-state index in [0.717, 1.165) is 11.4 Å². The van der Waals surface area contributed by atoms with Crippen LogP contribution in [0, 0.1) is 10.6 Å². The fourth-order valence-electron chi connectivity index (χ4n) is 1.71. The Kier molecular flexibility index (Phi) is 2.87. The van der Waals surface area contributed by atoms with Crippen LogP contribution in [0.25, 0.3) is 11.4 Å². The predicted octanol–water partition coefficient (Wildman–Crippen LogP) is 3.50. The largest absolute Gasteiger partial charge is 0.295 e. The number of aromatic nitrogens is 3. The Labute approximate surface area is 104 Å². The lowest BCUT2D eigenvalue weighted by atomic mass is 10.1. The van der Waals surface area contributed by atoms with Crippen molar-refractivity contribution in [1.82, 2.24) is 14.8 Å². The minimum absolute atomic E-state index is 0.173. The number of hydrogen-bond acceptors (Lipinski definition) is 2. The number of nitrogens with one attached hydrogen (secondary N) is 1. The Hall–Kier alpha value is -1.49. The second-order valence-electron chi connectivity index (χ2n) is 4.87. The molecule has 0 saturated heterocycles. The van der Waals surface area contributed by atoms with E-state index in [2.05, 4.69) is 10.2 Å². The van der Waals surface area contributed by atoms with Gasteiger partial charge in [0.15, 0.2) is 10.6 Å². The van der Waals surface area contributed by atoms with Crippen LogP contribution in [0.4, 0.5) is 4.39 Å². The molecule has 0 unspecified atom stereocenters. The lowest BCUT2D eigenvalue weighted by Crippen LogP contribution is -2.22. The summed E-state index contributed by atoms with van der Waals surface area (Å²) in [5.74, 6) is 0.465. The first-order valence-corrected chi connectivity index (χ1v) is 5.74. The highest BCUT2D eigenvalue weighted by Gasteiger charge is 2.20. The fraction of sp³-hybridized carbons (Fsp3) is 0.333. The van der Waals surface area contributed by atoms with Crippen molar-refractivity contribution in [3.05, 3.63) is 34.9 Å². The average molecular weight is 251 g/mol. The first-order chi connectivity index (χ1) is 7.89. The van der Waals surface area contributed by atoms with E-state index in [1.165, 1.54) is 12.1 Å². The van der Waals surface area contributed by atoms with Gasteiger partial charge in [-0.1, -0.05) is 0 Å². The summed E-state index contributed by atoms with van der Waals surface area (Å²) in [7, 11) is 0. The van der Waals surface area contributed by atoms with Gasteiger partial charge in [0, 0.05) is 11.1 Å². The fourth-order valence-corrected chi connectivity index (χ4v) is 2.12. The van der Waals surface area contributed by atoms with Gasteiger partial charge >= 0.3 is 0 Å². The van der Waals surface area contributed by atoms with Gasteiger partial charge in [0.2, 0.25) is 0 Å². The standard InChI is InChI=1S/C12H14FN3S/c1-12(2,3)16-10(14-15-11(16)17)8-4-6-9(13)7-5-8/h4-7H,1-3H3,(H,15,17). The van der Waals surface area contributed by atoms with Gasteiger partial charge in [-0.05, 0) is 57.3 Å². The van der Waals surface area contributed by atoms with E-state index in [1.807, 2.05) is 25.3 Å². The monoisotopic (exact) mass is 251 g/mol. The third-order valence-electron chi connectivity index (χ3n) is 2.45. The molecular formula is C12H14FN3S. The average Bonchev–Trinajstić information content (AvgIpc) is 2.61. The van der Waals surface area contributed by atoms with Gasteiger partial charge in [0.25, 0.3) is 0 Å². The Morgan fingerprint density at radius 1 is 1.24 bits per heavy atom. The molecule has 0 aliphatic heterocycles. The number of aromatic amines is 1. The molecule has 3 nitrogen and oxygen atoms in total. The molecule has 1 heterocycles. The number of H-pyrrole nitrogens is 1. The molecule has 0 bridgehead atoms. The van der Waals surface area contributed by atoms with E-state index >= 15 is 0 Å². The quantitative estimate of drug-likeness (QED) is 0.787. The normalized spacial score (nSPS) is 11.8. The third-order valence-corrected chi connectivity index (χ3v) is 2.72. The Bertz CT molecular complexity index is 575. The summed E-state index contributed by atoms with van der Waals surface area (Å²) in [6, 6.07) is 6.23. The molecule has 1 N–H and O–H groups in total. The molecule has 1 aromatic carbocycles. The highest BCUT2D eigenvalue weighted by molar-refractivity contribution is 7.71. The maximum Gasteiger partial charge on any atom is 0.195 e. The molecule has 1 aromatic heterocycles. The number of hydrogen-bond donors (Lipinski definition) is 1. The molecule has 2 rings (SSSR count). The van der Waals surface area contributed by atoms with Gasteiger partial charge < -0.3 is 0 Å². The van der Waals surface area contributed by atoms with Crippen LogP contribution in [0.3, 0.4) is 0 Å². The molecule has 0 aliphatic carbocycles. The summed E-state index contributed by atoms with van der Waals surface area (Å²) < 4.78 is 15.4. The number of benzene rings is 1. The maximum absolute atomic E-state index is 12.9. The van der Waals surface area contributed by atoms with Gasteiger partial charge in [0.05, 0.1) is 0 Å². The van der Waals surface area contributed by atoms with Crippen LogP contribution in [0.15, 0.2) is 24.3 Å². The summed E-state index contributed by atoms with van der Waals surface area (Å²) >= 11 is 5.22. The lowest BCUT2D eigenvalue weighted by Gasteiger charge is -2.22. The highest BCUT2D eigenvalue weighted by atomic mass is 32.1. The lowest BCUT2D eigenvalue weighted by molar-refractivity contribution is 0.395. The molecule has 0 spiro atoms. The molecule has 90 valence electrons. The highest BCUT2D eigenvalue weighted by Crippen LogP contribution is 2.24. The molecule has 17 heavy (non-hydrogen) atoms. The second kappa shape index (κ2) is 4.07. The van der Waals surface area contributed by atoms with E-state index in [4.69, 9.17) is 12.2 Å². The zero-order valence-corrected chi connectivity index (χ0v) is 10.8. The Morgan fingerprint density at radius 3 is 2.35 bits per heavy atom. The van der Waals surface area contributed by atoms with Crippen molar-refractivity contribution >= 4 is 12.2 Å². The van der Waals surface area contributed by atoms with Crippen LogP contribution < -0.4 is 0 Å². The van der Waals surface area contributed by atoms with E-state index in [1.54, 1.807) is 12.1 Å². The number of rotatable bonds is 1.